The molecule has 2 aromatic carbocycles. The monoisotopic (exact) mass is 371 g/mol. The van der Waals surface area contributed by atoms with E-state index in [-0.39, 0.29) is 22.5 Å². The lowest BCUT2D eigenvalue weighted by Crippen LogP contribution is -2.06. The van der Waals surface area contributed by atoms with Crippen LogP contribution in [0.2, 0.25) is 0 Å². The lowest BCUT2D eigenvalue weighted by atomic mass is 9.92. The molecule has 0 aliphatic rings. The van der Waals surface area contributed by atoms with Gasteiger partial charge in [-0.05, 0) is 54.4 Å². The number of nitrogens with two attached hydrogens (primary N) is 1. The molecule has 3 rings (SSSR count). The van der Waals surface area contributed by atoms with Gasteiger partial charge in [0.25, 0.3) is 0 Å². The lowest BCUT2D eigenvalue weighted by Gasteiger charge is -2.16. The van der Waals surface area contributed by atoms with E-state index in [1.165, 1.54) is 36.4 Å². The molecule has 0 atom stereocenters. The summed E-state index contributed by atoms with van der Waals surface area (Å²) in [4.78, 5) is 4.21. The standard InChI is InChI=1S/C20H13F4N3/c1-11-17(13-3-2-4-14(9-13)20(22,23)24)16(10-25)19(26)27-18(11)12-5-7-15(21)8-6-12/h2-9H,1H3,(H2,26,27). The molecule has 0 fully saturated rings. The Labute approximate surface area is 152 Å². The number of halogens is 4. The van der Waals surface area contributed by atoms with E-state index >= 15 is 0 Å². The van der Waals surface area contributed by atoms with E-state index in [9.17, 15) is 22.8 Å². The molecular weight excluding hydrogens is 358 g/mol. The number of hydrogen-bond donors (Lipinski definition) is 1. The zero-order chi connectivity index (χ0) is 19.8. The quantitative estimate of drug-likeness (QED) is 0.619. The van der Waals surface area contributed by atoms with Crippen molar-refractivity contribution in [2.45, 2.75) is 13.1 Å². The predicted octanol–water partition coefficient (Wildman–Crippen LogP) is 5.34. The van der Waals surface area contributed by atoms with Crippen molar-refractivity contribution in [1.29, 1.82) is 5.26 Å². The van der Waals surface area contributed by atoms with Crippen molar-refractivity contribution in [1.82, 2.24) is 4.98 Å². The first-order valence-electron chi connectivity index (χ1n) is 7.86. The van der Waals surface area contributed by atoms with Crippen molar-refractivity contribution < 1.29 is 17.6 Å². The summed E-state index contributed by atoms with van der Waals surface area (Å²) in [5.41, 5.74) is 6.94. The highest BCUT2D eigenvalue weighted by atomic mass is 19.4. The third kappa shape index (κ3) is 3.47. The van der Waals surface area contributed by atoms with E-state index in [2.05, 4.69) is 4.98 Å². The van der Waals surface area contributed by atoms with Gasteiger partial charge in [0.15, 0.2) is 0 Å². The second-order valence-corrected chi connectivity index (χ2v) is 5.92. The fourth-order valence-electron chi connectivity index (χ4n) is 2.91. The largest absolute Gasteiger partial charge is 0.416 e. The van der Waals surface area contributed by atoms with Gasteiger partial charge in [0, 0.05) is 11.1 Å². The van der Waals surface area contributed by atoms with Crippen molar-refractivity contribution in [3.05, 3.63) is 71.0 Å². The van der Waals surface area contributed by atoms with Gasteiger partial charge in [-0.25, -0.2) is 9.37 Å². The maximum absolute atomic E-state index is 13.2. The second-order valence-electron chi connectivity index (χ2n) is 5.92. The van der Waals surface area contributed by atoms with Gasteiger partial charge in [0.05, 0.1) is 11.3 Å². The van der Waals surface area contributed by atoms with Gasteiger partial charge in [-0.2, -0.15) is 18.4 Å². The average Bonchev–Trinajstić information content (AvgIpc) is 2.63. The number of alkyl halides is 3. The molecule has 0 aliphatic heterocycles. The molecule has 3 nitrogen and oxygen atoms in total. The summed E-state index contributed by atoms with van der Waals surface area (Å²) in [7, 11) is 0. The molecule has 27 heavy (non-hydrogen) atoms. The van der Waals surface area contributed by atoms with E-state index in [1.54, 1.807) is 6.92 Å². The number of aromatic nitrogens is 1. The SMILES string of the molecule is Cc1c(-c2ccc(F)cc2)nc(N)c(C#N)c1-c1cccc(C(F)(F)F)c1. The molecule has 136 valence electrons. The van der Waals surface area contributed by atoms with Crippen LogP contribution in [0.15, 0.2) is 48.5 Å². The number of nitrogens with zero attached hydrogens (tertiary/aromatic N) is 2. The van der Waals surface area contributed by atoms with Crippen LogP contribution in [-0.2, 0) is 6.18 Å². The van der Waals surface area contributed by atoms with E-state index in [0.717, 1.165) is 12.1 Å². The molecule has 0 spiro atoms. The lowest BCUT2D eigenvalue weighted by molar-refractivity contribution is -0.137. The summed E-state index contributed by atoms with van der Waals surface area (Å²) in [5.74, 6) is -0.536. The number of hydrogen-bond acceptors (Lipinski definition) is 3. The highest BCUT2D eigenvalue weighted by molar-refractivity contribution is 5.84. The van der Waals surface area contributed by atoms with Crippen LogP contribution in [-0.4, -0.2) is 4.98 Å². The number of nitriles is 1. The molecule has 0 saturated carbocycles. The Kier molecular flexibility index (Phi) is 4.58. The molecule has 0 unspecified atom stereocenters. The summed E-state index contributed by atoms with van der Waals surface area (Å²) in [6.45, 7) is 1.64. The topological polar surface area (TPSA) is 62.7 Å². The molecule has 3 aromatic rings. The van der Waals surface area contributed by atoms with Gasteiger partial charge < -0.3 is 5.73 Å². The van der Waals surface area contributed by atoms with E-state index in [0.29, 0.717) is 16.8 Å². The van der Waals surface area contributed by atoms with Gasteiger partial charge in [0.2, 0.25) is 0 Å². The molecule has 0 amide bonds. The third-order valence-corrected chi connectivity index (χ3v) is 4.18. The van der Waals surface area contributed by atoms with E-state index in [4.69, 9.17) is 5.73 Å². The Balaban J connectivity index is 2.29. The molecule has 1 aromatic heterocycles. The maximum atomic E-state index is 13.2. The normalized spacial score (nSPS) is 11.3. The molecule has 1 heterocycles. The summed E-state index contributed by atoms with van der Waals surface area (Å²) in [5, 5.41) is 9.47. The number of nitrogen functional groups attached to an aromatic ring is 1. The minimum atomic E-state index is -4.52. The van der Waals surface area contributed by atoms with Crippen molar-refractivity contribution in [2.24, 2.45) is 0 Å². The molecule has 0 radical (unpaired) electrons. The van der Waals surface area contributed by atoms with Crippen LogP contribution in [0.4, 0.5) is 23.4 Å². The van der Waals surface area contributed by atoms with Crippen LogP contribution in [0.1, 0.15) is 16.7 Å². The molecular formula is C20H13F4N3. The minimum Gasteiger partial charge on any atom is -0.383 e. The Morgan fingerprint density at radius 1 is 1.04 bits per heavy atom. The Hall–Kier alpha value is -3.40. The van der Waals surface area contributed by atoms with Crippen molar-refractivity contribution in [3.8, 4) is 28.5 Å². The first-order chi connectivity index (χ1) is 12.7. The summed E-state index contributed by atoms with van der Waals surface area (Å²) < 4.78 is 52.5. The number of benzene rings is 2. The fourth-order valence-corrected chi connectivity index (χ4v) is 2.91. The van der Waals surface area contributed by atoms with Crippen LogP contribution in [0.3, 0.4) is 0 Å². The highest BCUT2D eigenvalue weighted by Gasteiger charge is 2.31. The zero-order valence-corrected chi connectivity index (χ0v) is 14.1. The predicted molar refractivity (Wildman–Crippen MR) is 93.9 cm³/mol. The first-order valence-corrected chi connectivity index (χ1v) is 7.86. The van der Waals surface area contributed by atoms with Gasteiger partial charge >= 0.3 is 6.18 Å². The number of anilines is 1. The molecule has 0 aliphatic carbocycles. The van der Waals surface area contributed by atoms with E-state index < -0.39 is 17.6 Å². The molecule has 2 N–H and O–H groups in total. The first kappa shape index (κ1) is 18.4. The van der Waals surface area contributed by atoms with Crippen LogP contribution >= 0.6 is 0 Å². The van der Waals surface area contributed by atoms with Gasteiger partial charge in [-0.3, -0.25) is 0 Å². The van der Waals surface area contributed by atoms with Gasteiger partial charge in [-0.1, -0.05) is 12.1 Å². The smallest absolute Gasteiger partial charge is 0.383 e. The Bertz CT molecular complexity index is 1050. The summed E-state index contributed by atoms with van der Waals surface area (Å²) >= 11 is 0. The Morgan fingerprint density at radius 2 is 1.70 bits per heavy atom. The van der Waals surface area contributed by atoms with Crippen LogP contribution < -0.4 is 5.73 Å². The highest BCUT2D eigenvalue weighted by Crippen LogP contribution is 2.38. The Morgan fingerprint density at radius 3 is 2.30 bits per heavy atom. The molecule has 7 heteroatoms. The van der Waals surface area contributed by atoms with Gasteiger partial charge in [-0.15, -0.1) is 0 Å². The summed E-state index contributed by atoms with van der Waals surface area (Å²) in [6.07, 6.45) is -4.52. The van der Waals surface area contributed by atoms with Crippen LogP contribution in [0.5, 0.6) is 0 Å². The number of pyridine rings is 1. The number of rotatable bonds is 2. The minimum absolute atomic E-state index is 0.00214. The second kappa shape index (κ2) is 6.72. The molecule has 0 saturated heterocycles. The zero-order valence-electron chi connectivity index (χ0n) is 14.1. The average molecular weight is 371 g/mol. The van der Waals surface area contributed by atoms with E-state index in [1.807, 2.05) is 6.07 Å². The van der Waals surface area contributed by atoms with Crippen LogP contribution in [0, 0.1) is 24.1 Å². The van der Waals surface area contributed by atoms with Crippen LogP contribution in [0.25, 0.3) is 22.4 Å². The maximum Gasteiger partial charge on any atom is 0.416 e. The van der Waals surface area contributed by atoms with Crippen molar-refractivity contribution in [3.63, 3.8) is 0 Å². The third-order valence-electron chi connectivity index (χ3n) is 4.18. The molecule has 0 bridgehead atoms. The van der Waals surface area contributed by atoms with Gasteiger partial charge in [0.1, 0.15) is 23.3 Å². The van der Waals surface area contributed by atoms with Crippen molar-refractivity contribution >= 4 is 5.82 Å². The fraction of sp³-hybridized carbons (Fsp3) is 0.100. The van der Waals surface area contributed by atoms with Crippen molar-refractivity contribution in [2.75, 3.05) is 5.73 Å². The summed E-state index contributed by atoms with van der Waals surface area (Å²) in [6, 6.07) is 12.1.